The van der Waals surface area contributed by atoms with Crippen molar-refractivity contribution >= 4 is 23.5 Å². The van der Waals surface area contributed by atoms with E-state index in [0.29, 0.717) is 0 Å². The summed E-state index contributed by atoms with van der Waals surface area (Å²) in [6, 6.07) is 25.6. The van der Waals surface area contributed by atoms with E-state index in [-0.39, 0.29) is 34.3 Å². The van der Waals surface area contributed by atoms with E-state index in [2.05, 4.69) is 27.7 Å². The molecule has 2 aliphatic rings. The molecule has 4 aromatic rings. The van der Waals surface area contributed by atoms with Gasteiger partial charge in [-0.1, -0.05) is 77.6 Å². The van der Waals surface area contributed by atoms with Crippen LogP contribution in [0.25, 0.3) is 0 Å². The number of fused-ring (bicyclic) bond motifs is 2. The number of aliphatic hydroxyl groups is 2. The lowest BCUT2D eigenvalue weighted by Gasteiger charge is -2.39. The van der Waals surface area contributed by atoms with E-state index in [1.54, 1.807) is 49.9 Å². The van der Waals surface area contributed by atoms with Gasteiger partial charge in [0.1, 0.15) is 23.1 Å². The molecule has 0 saturated heterocycles. The van der Waals surface area contributed by atoms with Gasteiger partial charge in [0.15, 0.2) is 0 Å². The van der Waals surface area contributed by atoms with Gasteiger partial charge in [-0.25, -0.2) is 8.78 Å². The van der Waals surface area contributed by atoms with Crippen molar-refractivity contribution in [3.63, 3.8) is 0 Å². The standard InChI is InChI=1S/2C23H29FO2S.2O2/c2*1-4-6-12-23(5-2)15-27-20-11-10-17(24)14-19(20)21(22(23)25)16-8-7-9-18(13-16)26-3;2*1-2/h2*7-11,13-14,21-22,25H,4-6,12,15H2,1-3H3;;/t21-,22?,23+;21-,22?,23-;;/m01../s1. The second kappa shape index (κ2) is 23.7. The summed E-state index contributed by atoms with van der Waals surface area (Å²) in [6.07, 6.45) is 6.98. The van der Waals surface area contributed by atoms with Crippen LogP contribution in [0.3, 0.4) is 0 Å². The number of thioether (sulfide) groups is 2. The molecule has 0 bridgehead atoms. The Bertz CT molecular complexity index is 1730. The molecule has 2 heterocycles. The third-order valence-corrected chi connectivity index (χ3v) is 14.7. The molecular formula is C46H58F2O8S2. The van der Waals surface area contributed by atoms with Gasteiger partial charge in [-0.2, -0.15) is 0 Å². The number of halogens is 2. The van der Waals surface area contributed by atoms with Gasteiger partial charge in [0.05, 0.1) is 26.4 Å². The molecule has 6 rings (SSSR count). The molecule has 8 nitrogen and oxygen atoms in total. The lowest BCUT2D eigenvalue weighted by Crippen LogP contribution is -2.40. The van der Waals surface area contributed by atoms with Crippen LogP contribution in [0.5, 0.6) is 11.5 Å². The quantitative estimate of drug-likeness (QED) is 0.142. The van der Waals surface area contributed by atoms with Crippen molar-refractivity contribution in [3.05, 3.63) is 139 Å². The first-order valence-corrected chi connectivity index (χ1v) is 21.9. The molecule has 2 N–H and O–H groups in total. The lowest BCUT2D eigenvalue weighted by molar-refractivity contribution is 0.0181. The number of rotatable bonds is 12. The molecule has 0 aromatic heterocycles. The Morgan fingerprint density at radius 1 is 0.603 bits per heavy atom. The molecule has 6 atom stereocenters. The van der Waals surface area contributed by atoms with Crippen LogP contribution in [-0.2, 0) is 0 Å². The molecule has 316 valence electrons. The van der Waals surface area contributed by atoms with Crippen LogP contribution >= 0.6 is 23.5 Å². The van der Waals surface area contributed by atoms with Gasteiger partial charge in [0.25, 0.3) is 0 Å². The zero-order valence-electron chi connectivity index (χ0n) is 34.4. The normalized spacial score (nSPS) is 23.3. The van der Waals surface area contributed by atoms with Crippen LogP contribution in [0.2, 0.25) is 0 Å². The third-order valence-electron chi connectivity index (χ3n) is 11.9. The van der Waals surface area contributed by atoms with Gasteiger partial charge in [0, 0.05) is 63.8 Å². The monoisotopic (exact) mass is 840 g/mol. The Kier molecular flexibility index (Phi) is 19.8. The van der Waals surface area contributed by atoms with Crippen LogP contribution in [0.1, 0.15) is 113 Å². The minimum absolute atomic E-state index is 0.191. The first kappa shape index (κ1) is 48.5. The highest BCUT2D eigenvalue weighted by Crippen LogP contribution is 2.52. The highest BCUT2D eigenvalue weighted by molar-refractivity contribution is 7.99. The minimum Gasteiger partial charge on any atom is -0.497 e. The highest BCUT2D eigenvalue weighted by atomic mass is 32.2. The second-order valence-corrected chi connectivity index (χ2v) is 17.0. The van der Waals surface area contributed by atoms with Crippen molar-refractivity contribution in [3.8, 4) is 11.5 Å². The summed E-state index contributed by atoms with van der Waals surface area (Å²) in [7, 11) is 3.29. The van der Waals surface area contributed by atoms with E-state index >= 15 is 0 Å². The Balaban J connectivity index is 0.000000286. The summed E-state index contributed by atoms with van der Waals surface area (Å²) < 4.78 is 39.1. The van der Waals surface area contributed by atoms with Gasteiger partial charge in [-0.3, -0.25) is 0 Å². The predicted octanol–water partition coefficient (Wildman–Crippen LogP) is 12.2. The third kappa shape index (κ3) is 11.2. The average Bonchev–Trinajstić information content (AvgIpc) is 3.46. The Labute approximate surface area is 350 Å². The second-order valence-electron chi connectivity index (χ2n) is 15.0. The average molecular weight is 841 g/mol. The lowest BCUT2D eigenvalue weighted by atomic mass is 9.69. The van der Waals surface area contributed by atoms with Crippen molar-refractivity contribution in [2.75, 3.05) is 25.7 Å². The topological polar surface area (TPSA) is 127 Å². The summed E-state index contributed by atoms with van der Waals surface area (Å²) in [6.45, 7) is 8.70. The summed E-state index contributed by atoms with van der Waals surface area (Å²) in [5.41, 5.74) is 3.34. The van der Waals surface area contributed by atoms with Crippen molar-refractivity contribution in [2.45, 2.75) is 113 Å². The van der Waals surface area contributed by atoms with Gasteiger partial charge < -0.3 is 19.7 Å². The van der Waals surface area contributed by atoms with E-state index in [1.165, 1.54) is 12.1 Å². The van der Waals surface area contributed by atoms with Crippen LogP contribution in [-0.4, -0.2) is 48.1 Å². The molecule has 12 heteroatoms. The fourth-order valence-electron chi connectivity index (χ4n) is 8.32. The Morgan fingerprint density at radius 3 is 1.31 bits per heavy atom. The number of ether oxygens (including phenoxy) is 2. The maximum atomic E-state index is 14.2. The zero-order chi connectivity index (χ0) is 42.9. The smallest absolute Gasteiger partial charge is 0.123 e. The molecule has 0 radical (unpaired) electrons. The van der Waals surface area contributed by atoms with Crippen molar-refractivity contribution in [2.24, 2.45) is 10.8 Å². The number of methoxy groups -OCH3 is 2. The van der Waals surface area contributed by atoms with E-state index in [9.17, 15) is 19.0 Å². The molecule has 0 saturated carbocycles. The van der Waals surface area contributed by atoms with Gasteiger partial charge in [-0.15, -0.1) is 23.5 Å². The van der Waals surface area contributed by atoms with Crippen LogP contribution in [0.4, 0.5) is 8.78 Å². The van der Waals surface area contributed by atoms with Gasteiger partial charge in [0.2, 0.25) is 0 Å². The van der Waals surface area contributed by atoms with Crippen LogP contribution in [0, 0.1) is 42.3 Å². The molecule has 2 aliphatic heterocycles. The largest absolute Gasteiger partial charge is 0.497 e. The van der Waals surface area contributed by atoms with E-state index < -0.39 is 12.2 Å². The minimum atomic E-state index is -0.572. The molecule has 0 spiro atoms. The molecule has 4 aromatic carbocycles. The number of aliphatic hydroxyl groups excluding tert-OH is 2. The zero-order valence-corrected chi connectivity index (χ0v) is 36.0. The SMILES string of the molecule is CCCC[C@]1(CC)CSc2ccc(F)cc2[C@@H](c2cccc(OC)c2)C1O.CCCC[C@]1(CC)CSc2ccc(F)cc2[C@H](c2cccc(OC)c2)C1O.O=O.O=O. The van der Waals surface area contributed by atoms with Crippen molar-refractivity contribution in [1.82, 2.24) is 0 Å². The summed E-state index contributed by atoms with van der Waals surface area (Å²) >= 11 is 3.51. The number of hydrogen-bond donors (Lipinski definition) is 2. The fraction of sp³-hybridized carbons (Fsp3) is 0.478. The molecule has 58 heavy (non-hydrogen) atoms. The summed E-state index contributed by atoms with van der Waals surface area (Å²) in [5.74, 6) is 2.16. The highest BCUT2D eigenvalue weighted by Gasteiger charge is 2.46. The predicted molar refractivity (Wildman–Crippen MR) is 234 cm³/mol. The molecule has 2 unspecified atom stereocenters. The van der Waals surface area contributed by atoms with Crippen molar-refractivity contribution in [1.29, 1.82) is 0 Å². The van der Waals surface area contributed by atoms with Crippen LogP contribution < -0.4 is 9.47 Å². The van der Waals surface area contributed by atoms with E-state index in [1.807, 2.05) is 60.7 Å². The summed E-state index contributed by atoms with van der Waals surface area (Å²) in [4.78, 5) is 30.1. The number of unbranched alkanes of at least 4 members (excludes halogenated alkanes) is 2. The molecule has 0 aliphatic carbocycles. The maximum Gasteiger partial charge on any atom is 0.123 e. The maximum absolute atomic E-state index is 14.2. The molecular weight excluding hydrogens is 783 g/mol. The van der Waals surface area contributed by atoms with Crippen molar-refractivity contribution < 1.29 is 28.5 Å². The Hall–Kier alpha value is -3.84. The van der Waals surface area contributed by atoms with E-state index in [4.69, 9.17) is 29.3 Å². The number of hydrogen-bond acceptors (Lipinski definition) is 10. The molecule has 0 amide bonds. The van der Waals surface area contributed by atoms with Gasteiger partial charge >= 0.3 is 0 Å². The first-order valence-electron chi connectivity index (χ1n) is 19.9. The first-order chi connectivity index (χ1) is 28.1. The van der Waals surface area contributed by atoms with Crippen LogP contribution in [0.15, 0.2) is 94.7 Å². The Morgan fingerprint density at radius 2 is 0.983 bits per heavy atom. The fourth-order valence-corrected chi connectivity index (χ4v) is 11.3. The van der Waals surface area contributed by atoms with Gasteiger partial charge in [-0.05, 0) is 109 Å². The molecule has 0 fully saturated rings. The summed E-state index contributed by atoms with van der Waals surface area (Å²) in [5, 5.41) is 23.3. The van der Waals surface area contributed by atoms with E-state index in [0.717, 1.165) is 106 Å². The number of benzene rings is 4.